The Morgan fingerprint density at radius 2 is 2.05 bits per heavy atom. The maximum atomic E-state index is 15.4. The van der Waals surface area contributed by atoms with Crippen LogP contribution in [0.25, 0.3) is 0 Å². The van der Waals surface area contributed by atoms with Gasteiger partial charge in [0.25, 0.3) is 5.91 Å². The molecule has 2 aliphatic heterocycles. The molecule has 5 rings (SSSR count). The van der Waals surface area contributed by atoms with E-state index in [0.29, 0.717) is 32.7 Å². The third kappa shape index (κ3) is 5.97. The van der Waals surface area contributed by atoms with Gasteiger partial charge in [-0.05, 0) is 43.9 Å². The number of allylic oxidation sites excluding steroid dienone is 2. The lowest BCUT2D eigenvalue weighted by Gasteiger charge is -2.40. The smallest absolute Gasteiger partial charge is 0.398 e. The zero-order valence-electron chi connectivity index (χ0n) is 23.4. The van der Waals surface area contributed by atoms with Gasteiger partial charge >= 0.3 is 12.1 Å². The number of carboxylic acids is 1. The van der Waals surface area contributed by atoms with Crippen molar-refractivity contribution in [1.29, 1.82) is 0 Å². The van der Waals surface area contributed by atoms with Crippen LogP contribution in [0.15, 0.2) is 47.1 Å². The van der Waals surface area contributed by atoms with E-state index in [1.54, 1.807) is 4.90 Å². The van der Waals surface area contributed by atoms with Crippen LogP contribution in [-0.4, -0.2) is 95.3 Å². The molecule has 0 bridgehead atoms. The van der Waals surface area contributed by atoms with Crippen molar-refractivity contribution in [2.45, 2.75) is 56.3 Å². The van der Waals surface area contributed by atoms with Crippen LogP contribution >= 0.6 is 11.6 Å². The minimum atomic E-state index is -4.60. The van der Waals surface area contributed by atoms with Crippen LogP contribution in [0, 0.1) is 11.8 Å². The zero-order valence-corrected chi connectivity index (χ0v) is 24.1. The summed E-state index contributed by atoms with van der Waals surface area (Å²) < 4.78 is 63.2. The van der Waals surface area contributed by atoms with Crippen LogP contribution in [0.4, 0.5) is 17.6 Å². The average molecular weight is 629 g/mol. The van der Waals surface area contributed by atoms with E-state index in [4.69, 9.17) is 16.3 Å². The Hall–Kier alpha value is -2.84. The van der Waals surface area contributed by atoms with E-state index < -0.39 is 53.9 Å². The first-order valence-electron chi connectivity index (χ1n) is 14.2. The highest BCUT2D eigenvalue weighted by atomic mass is 35.5. The topological polar surface area (TPSA) is 115 Å². The van der Waals surface area contributed by atoms with E-state index in [1.807, 2.05) is 6.92 Å². The van der Waals surface area contributed by atoms with Crippen molar-refractivity contribution in [1.82, 2.24) is 15.2 Å². The lowest BCUT2D eigenvalue weighted by Crippen LogP contribution is -2.57. The number of alkyl halides is 4. The Labute approximate surface area is 250 Å². The summed E-state index contributed by atoms with van der Waals surface area (Å²) in [6.45, 7) is 3.50. The minimum absolute atomic E-state index is 0.0833. The molecule has 2 heterocycles. The number of hydrogen-bond donors (Lipinski definition) is 3. The van der Waals surface area contributed by atoms with E-state index >= 15 is 4.39 Å². The fourth-order valence-corrected chi connectivity index (χ4v) is 6.48. The van der Waals surface area contributed by atoms with E-state index in [9.17, 15) is 33.0 Å². The Kier molecular flexibility index (Phi) is 9.01. The zero-order chi connectivity index (χ0) is 31.1. The maximum absolute atomic E-state index is 15.4. The second-order valence-electron chi connectivity index (χ2n) is 11.2. The number of fused-ring (bicyclic) bond motifs is 1. The number of aliphatic hydroxyl groups excluding tert-OH is 1. The Balaban J connectivity index is 1.49. The van der Waals surface area contributed by atoms with Crippen molar-refractivity contribution in [2.75, 3.05) is 32.8 Å². The molecule has 2 aliphatic carbocycles. The van der Waals surface area contributed by atoms with Crippen molar-refractivity contribution in [3.63, 3.8) is 0 Å². The van der Waals surface area contributed by atoms with Gasteiger partial charge in [-0.3, -0.25) is 15.0 Å². The fraction of sp³-hybridized carbons (Fsp3) is 0.552. The summed E-state index contributed by atoms with van der Waals surface area (Å²) in [5, 5.41) is 28.5. The van der Waals surface area contributed by atoms with Gasteiger partial charge < -0.3 is 14.9 Å². The van der Waals surface area contributed by atoms with Crippen molar-refractivity contribution in [3.8, 4) is 0 Å². The number of carboxylic acid groups (broad SMARTS) is 1. The average Bonchev–Trinajstić information content (AvgIpc) is 3.71. The molecule has 234 valence electrons. The van der Waals surface area contributed by atoms with E-state index in [1.165, 1.54) is 30.4 Å². The monoisotopic (exact) mass is 628 g/mol. The fourth-order valence-electron chi connectivity index (χ4n) is 6.22. The van der Waals surface area contributed by atoms with Crippen molar-refractivity contribution in [2.24, 2.45) is 16.9 Å². The molecular weight excluding hydrogens is 596 g/mol. The van der Waals surface area contributed by atoms with Gasteiger partial charge in [0.05, 0.1) is 45.9 Å². The molecule has 2 fully saturated rings. The van der Waals surface area contributed by atoms with Crippen LogP contribution < -0.4 is 5.32 Å². The Bertz CT molecular complexity index is 1350. The van der Waals surface area contributed by atoms with E-state index in [-0.39, 0.29) is 46.8 Å². The van der Waals surface area contributed by atoms with Gasteiger partial charge in [-0.25, -0.2) is 14.2 Å². The largest absolute Gasteiger partial charge is 0.478 e. The van der Waals surface area contributed by atoms with Gasteiger partial charge in [0.2, 0.25) is 0 Å². The maximum Gasteiger partial charge on any atom is 0.398 e. The first-order chi connectivity index (χ1) is 20.4. The van der Waals surface area contributed by atoms with Gasteiger partial charge in [-0.1, -0.05) is 35.9 Å². The number of hydrogen-bond acceptors (Lipinski definition) is 7. The van der Waals surface area contributed by atoms with Gasteiger partial charge in [-0.2, -0.15) is 18.3 Å². The summed E-state index contributed by atoms with van der Waals surface area (Å²) in [6, 6.07) is 3.23. The number of rotatable bonds is 10. The first kappa shape index (κ1) is 31.6. The SMILES string of the molecule is CCOCCNC(O)N1CCC2C(C3C=CC(C(=O)O)=CC3F)=NN(C(=O)c3c(Cl)cccc3C3(C(F)(F)F)CC3)[C@@H]2C1. The van der Waals surface area contributed by atoms with Crippen LogP contribution in [0.2, 0.25) is 5.02 Å². The number of likely N-dealkylation sites (tertiary alicyclic amines) is 1. The van der Waals surface area contributed by atoms with E-state index in [2.05, 4.69) is 10.4 Å². The number of halogens is 5. The number of benzene rings is 1. The third-order valence-corrected chi connectivity index (χ3v) is 8.97. The van der Waals surface area contributed by atoms with Crippen LogP contribution in [0.5, 0.6) is 0 Å². The number of carbonyl (C=O) groups excluding carboxylic acids is 1. The standard InChI is InChI=1S/C29H33ClF4N4O5/c1-2-43-13-11-35-27(42)37-12-8-18-22(15-37)38(36-24(18)17-7-6-16(26(40)41)14-21(17)31)25(39)23-19(4-3-5-20(23)30)28(9-10-28)29(32,33)34/h3-7,14,17-18,21-22,27,35,42H,2,8-13,15H2,1H3,(H,40,41)/t17?,18?,21?,22-,27?/m1/s1. The molecule has 0 spiro atoms. The molecule has 5 atom stereocenters. The summed E-state index contributed by atoms with van der Waals surface area (Å²) in [6.07, 6.45) is -3.83. The number of nitrogens with zero attached hydrogens (tertiary/aromatic N) is 3. The second kappa shape index (κ2) is 12.3. The Morgan fingerprint density at radius 1 is 1.30 bits per heavy atom. The molecule has 4 unspecified atom stereocenters. The summed E-state index contributed by atoms with van der Waals surface area (Å²) in [7, 11) is 0. The molecule has 1 aromatic rings. The van der Waals surface area contributed by atoms with Crippen LogP contribution in [0.3, 0.4) is 0 Å². The van der Waals surface area contributed by atoms with Crippen molar-refractivity contribution >= 4 is 29.2 Å². The summed E-state index contributed by atoms with van der Waals surface area (Å²) in [4.78, 5) is 27.2. The molecule has 0 radical (unpaired) electrons. The van der Waals surface area contributed by atoms with Crippen molar-refractivity contribution < 1.29 is 42.1 Å². The summed E-state index contributed by atoms with van der Waals surface area (Å²) in [5.74, 6) is -3.61. The predicted molar refractivity (Wildman–Crippen MR) is 149 cm³/mol. The molecule has 14 heteroatoms. The van der Waals surface area contributed by atoms with Gasteiger partial charge in [0, 0.05) is 32.2 Å². The normalized spacial score (nSPS) is 27.4. The second-order valence-corrected chi connectivity index (χ2v) is 11.6. The highest BCUT2D eigenvalue weighted by Gasteiger charge is 2.65. The lowest BCUT2D eigenvalue weighted by molar-refractivity contribution is -0.160. The summed E-state index contributed by atoms with van der Waals surface area (Å²) in [5.41, 5.74) is -2.66. The molecule has 0 aromatic heterocycles. The number of hydrazone groups is 1. The third-order valence-electron chi connectivity index (χ3n) is 8.65. The van der Waals surface area contributed by atoms with Gasteiger partial charge in [0.15, 0.2) is 6.35 Å². The molecule has 1 saturated heterocycles. The molecule has 3 N–H and O–H groups in total. The van der Waals surface area contributed by atoms with Crippen LogP contribution in [0.1, 0.15) is 42.1 Å². The number of aliphatic carboxylic acids is 1. The van der Waals surface area contributed by atoms with Gasteiger partial charge in [0.1, 0.15) is 6.17 Å². The van der Waals surface area contributed by atoms with E-state index in [0.717, 1.165) is 11.1 Å². The molecule has 4 aliphatic rings. The number of nitrogens with one attached hydrogen (secondary N) is 1. The number of piperidine rings is 1. The number of amides is 1. The molecule has 9 nitrogen and oxygen atoms in total. The summed E-state index contributed by atoms with van der Waals surface area (Å²) >= 11 is 6.41. The minimum Gasteiger partial charge on any atom is -0.478 e. The first-order valence-corrected chi connectivity index (χ1v) is 14.6. The number of ether oxygens (including phenoxy) is 1. The molecule has 1 amide bonds. The van der Waals surface area contributed by atoms with Crippen LogP contribution in [-0.2, 0) is 14.9 Å². The molecular formula is C29H33ClF4N4O5. The molecule has 1 saturated carbocycles. The quantitative estimate of drug-likeness (QED) is 0.205. The number of carbonyl (C=O) groups is 2. The van der Waals surface area contributed by atoms with Gasteiger partial charge in [-0.15, -0.1) is 0 Å². The Morgan fingerprint density at radius 3 is 2.67 bits per heavy atom. The lowest BCUT2D eigenvalue weighted by atomic mass is 9.79. The highest BCUT2D eigenvalue weighted by Crippen LogP contribution is 2.60. The predicted octanol–water partition coefficient (Wildman–Crippen LogP) is 3.87. The molecule has 43 heavy (non-hydrogen) atoms. The van der Waals surface area contributed by atoms with Crippen molar-refractivity contribution in [3.05, 3.63) is 58.1 Å². The highest BCUT2D eigenvalue weighted by molar-refractivity contribution is 6.34. The number of aliphatic hydroxyl groups is 1. The molecule has 1 aromatic carbocycles.